The van der Waals surface area contributed by atoms with E-state index >= 15 is 0 Å². The van der Waals surface area contributed by atoms with Gasteiger partial charge in [-0.05, 0) is 70.9 Å². The maximum atomic E-state index is 12.5. The van der Waals surface area contributed by atoms with Crippen LogP contribution in [0.2, 0.25) is 0 Å². The van der Waals surface area contributed by atoms with Crippen LogP contribution in [0.15, 0.2) is 71.2 Å². The summed E-state index contributed by atoms with van der Waals surface area (Å²) in [5, 5.41) is 4.02. The number of para-hydroxylation sites is 1. The third-order valence-corrected chi connectivity index (χ3v) is 6.06. The van der Waals surface area contributed by atoms with Crippen LogP contribution < -0.4 is 10.1 Å². The van der Waals surface area contributed by atoms with Crippen LogP contribution in [-0.2, 0) is 6.42 Å². The number of fused-ring (bicyclic) bond motifs is 1. The van der Waals surface area contributed by atoms with Crippen LogP contribution in [0.25, 0.3) is 10.2 Å². The van der Waals surface area contributed by atoms with E-state index in [1.807, 2.05) is 49.4 Å². The number of thiazole rings is 1. The van der Waals surface area contributed by atoms with Crippen molar-refractivity contribution in [3.05, 3.63) is 87.3 Å². The number of ether oxygens (including phenoxy) is 1. The van der Waals surface area contributed by atoms with Crippen LogP contribution in [0.1, 0.15) is 27.9 Å². The number of halogens is 1. The Hall–Kier alpha value is -2.70. The number of carbonyl (C=O) groups is 1. The third kappa shape index (κ3) is 4.66. The number of hydrogen-bond donors (Lipinski definition) is 1. The fraction of sp³-hybridized carbons (Fsp3) is 0.130. The molecule has 4 aromatic rings. The minimum Gasteiger partial charge on any atom is -0.493 e. The Labute approximate surface area is 181 Å². The van der Waals surface area contributed by atoms with E-state index in [2.05, 4.69) is 32.3 Å². The number of rotatable bonds is 6. The summed E-state index contributed by atoms with van der Waals surface area (Å²) in [5.41, 5.74) is 3.52. The Balaban J connectivity index is 1.42. The van der Waals surface area contributed by atoms with E-state index in [0.29, 0.717) is 12.2 Å². The van der Waals surface area contributed by atoms with Crippen LogP contribution in [0, 0.1) is 0 Å². The van der Waals surface area contributed by atoms with E-state index in [1.165, 1.54) is 4.70 Å². The molecule has 0 saturated heterocycles. The summed E-state index contributed by atoms with van der Waals surface area (Å²) in [6.45, 7) is 2.50. The van der Waals surface area contributed by atoms with Crippen molar-refractivity contribution in [3.8, 4) is 5.75 Å². The predicted molar refractivity (Wildman–Crippen MR) is 122 cm³/mol. The predicted octanol–water partition coefficient (Wildman–Crippen LogP) is 6.30. The van der Waals surface area contributed by atoms with Crippen LogP contribution >= 0.6 is 27.3 Å². The lowest BCUT2D eigenvalue weighted by atomic mass is 10.1. The van der Waals surface area contributed by atoms with Gasteiger partial charge in [0.2, 0.25) is 0 Å². The lowest BCUT2D eigenvalue weighted by Gasteiger charge is -2.09. The average Bonchev–Trinajstić information content (AvgIpc) is 3.13. The normalized spacial score (nSPS) is 10.8. The Bertz CT molecular complexity index is 1120. The van der Waals surface area contributed by atoms with Crippen molar-refractivity contribution in [2.45, 2.75) is 13.3 Å². The number of hydrogen-bond acceptors (Lipinski definition) is 4. The Morgan fingerprint density at radius 3 is 2.62 bits per heavy atom. The number of anilines is 1. The first-order valence-electron chi connectivity index (χ1n) is 9.29. The molecule has 1 N–H and O–H groups in total. The summed E-state index contributed by atoms with van der Waals surface area (Å²) in [6, 6.07) is 21.4. The minimum atomic E-state index is -0.160. The van der Waals surface area contributed by atoms with Gasteiger partial charge in [-0.3, -0.25) is 4.79 Å². The average molecular weight is 467 g/mol. The van der Waals surface area contributed by atoms with Crippen LogP contribution in [-0.4, -0.2) is 17.5 Å². The van der Waals surface area contributed by atoms with E-state index in [4.69, 9.17) is 4.74 Å². The molecule has 0 aliphatic carbocycles. The van der Waals surface area contributed by atoms with Gasteiger partial charge in [0.1, 0.15) is 5.75 Å². The monoisotopic (exact) mass is 466 g/mol. The largest absolute Gasteiger partial charge is 0.493 e. The highest BCUT2D eigenvalue weighted by Crippen LogP contribution is 2.27. The zero-order valence-corrected chi connectivity index (χ0v) is 18.2. The number of carbonyl (C=O) groups excluding carboxylic acids is 1. The number of amides is 1. The van der Waals surface area contributed by atoms with E-state index in [0.717, 1.165) is 38.4 Å². The Morgan fingerprint density at radius 2 is 1.90 bits per heavy atom. The van der Waals surface area contributed by atoms with Gasteiger partial charge >= 0.3 is 0 Å². The zero-order valence-electron chi connectivity index (χ0n) is 15.8. The first kappa shape index (κ1) is 19.6. The molecule has 29 heavy (non-hydrogen) atoms. The van der Waals surface area contributed by atoms with Gasteiger partial charge < -0.3 is 10.1 Å². The summed E-state index contributed by atoms with van der Waals surface area (Å²) in [6.07, 6.45) is 0.777. The Morgan fingerprint density at radius 1 is 1.10 bits per heavy atom. The number of nitrogens with one attached hydrogen (secondary N) is 1. The van der Waals surface area contributed by atoms with Crippen molar-refractivity contribution in [3.63, 3.8) is 0 Å². The van der Waals surface area contributed by atoms with Crippen LogP contribution in [0.5, 0.6) is 5.75 Å². The van der Waals surface area contributed by atoms with Gasteiger partial charge in [-0.2, -0.15) is 0 Å². The maximum Gasteiger partial charge on any atom is 0.255 e. The van der Waals surface area contributed by atoms with Gasteiger partial charge in [0.15, 0.2) is 0 Å². The second kappa shape index (κ2) is 8.76. The van der Waals surface area contributed by atoms with E-state index in [9.17, 15) is 4.79 Å². The van der Waals surface area contributed by atoms with Crippen molar-refractivity contribution >= 4 is 49.1 Å². The van der Waals surface area contributed by atoms with Crippen LogP contribution in [0.4, 0.5) is 5.69 Å². The molecule has 146 valence electrons. The van der Waals surface area contributed by atoms with Crippen molar-refractivity contribution in [2.24, 2.45) is 0 Å². The first-order valence-corrected chi connectivity index (χ1v) is 10.9. The topological polar surface area (TPSA) is 51.2 Å². The van der Waals surface area contributed by atoms with Gasteiger partial charge in [-0.25, -0.2) is 4.98 Å². The molecular formula is C23H19BrN2O2S. The fourth-order valence-corrected chi connectivity index (χ4v) is 4.49. The quantitative estimate of drug-likeness (QED) is 0.362. The van der Waals surface area contributed by atoms with Gasteiger partial charge in [0.25, 0.3) is 5.91 Å². The molecule has 6 heteroatoms. The molecule has 0 aliphatic heterocycles. The lowest BCUT2D eigenvalue weighted by molar-refractivity contribution is 0.102. The molecule has 0 fully saturated rings. The molecule has 4 nitrogen and oxygen atoms in total. The van der Waals surface area contributed by atoms with E-state index in [1.54, 1.807) is 29.5 Å². The minimum absolute atomic E-state index is 0.160. The molecule has 0 aliphatic rings. The molecule has 0 bridgehead atoms. The summed E-state index contributed by atoms with van der Waals surface area (Å²) >= 11 is 5.16. The smallest absolute Gasteiger partial charge is 0.255 e. The highest BCUT2D eigenvalue weighted by Gasteiger charge is 2.10. The van der Waals surface area contributed by atoms with Crippen LogP contribution in [0.3, 0.4) is 0 Å². The molecular weight excluding hydrogens is 448 g/mol. The SMILES string of the molecule is CCOc1ccc(C(=O)Nc2ccc(Cc3nc4ccccc4s3)cc2)cc1Br. The molecule has 1 heterocycles. The van der Waals surface area contributed by atoms with Gasteiger partial charge in [-0.1, -0.05) is 24.3 Å². The zero-order chi connectivity index (χ0) is 20.2. The second-order valence-electron chi connectivity index (χ2n) is 6.48. The summed E-state index contributed by atoms with van der Waals surface area (Å²) in [7, 11) is 0. The Kier molecular flexibility index (Phi) is 5.92. The van der Waals surface area contributed by atoms with Crippen molar-refractivity contribution in [1.29, 1.82) is 0 Å². The molecule has 0 spiro atoms. The van der Waals surface area contributed by atoms with Gasteiger partial charge in [0.05, 0.1) is 26.3 Å². The molecule has 0 radical (unpaired) electrons. The molecule has 3 aromatic carbocycles. The third-order valence-electron chi connectivity index (χ3n) is 4.40. The number of aromatic nitrogens is 1. The molecule has 4 rings (SSSR count). The van der Waals surface area contributed by atoms with Crippen molar-refractivity contribution in [2.75, 3.05) is 11.9 Å². The number of nitrogens with zero attached hydrogens (tertiary/aromatic N) is 1. The molecule has 0 unspecified atom stereocenters. The van der Waals surface area contributed by atoms with E-state index in [-0.39, 0.29) is 5.91 Å². The molecule has 0 saturated carbocycles. The van der Waals surface area contributed by atoms with E-state index < -0.39 is 0 Å². The highest BCUT2D eigenvalue weighted by molar-refractivity contribution is 9.10. The maximum absolute atomic E-state index is 12.5. The van der Waals surface area contributed by atoms with Gasteiger partial charge in [0, 0.05) is 17.7 Å². The fourth-order valence-electron chi connectivity index (χ4n) is 2.99. The summed E-state index contributed by atoms with van der Waals surface area (Å²) in [4.78, 5) is 17.2. The summed E-state index contributed by atoms with van der Waals surface area (Å²) < 4.78 is 7.45. The van der Waals surface area contributed by atoms with Gasteiger partial charge in [-0.15, -0.1) is 11.3 Å². The standard InChI is InChI=1S/C23H19BrN2O2S/c1-2-28-20-12-9-16(14-18(20)24)23(27)25-17-10-7-15(8-11-17)13-22-26-19-5-3-4-6-21(19)29-22/h3-12,14H,2,13H2,1H3,(H,25,27). The first-order chi connectivity index (χ1) is 14.1. The number of benzene rings is 3. The molecule has 1 aromatic heterocycles. The molecule has 0 atom stereocenters. The van der Waals surface area contributed by atoms with Crippen molar-refractivity contribution < 1.29 is 9.53 Å². The van der Waals surface area contributed by atoms with Crippen molar-refractivity contribution in [1.82, 2.24) is 4.98 Å². The molecule has 1 amide bonds. The highest BCUT2D eigenvalue weighted by atomic mass is 79.9. The second-order valence-corrected chi connectivity index (χ2v) is 8.45. The lowest BCUT2D eigenvalue weighted by Crippen LogP contribution is -2.12. The summed E-state index contributed by atoms with van der Waals surface area (Å²) in [5.74, 6) is 0.566.